The Balaban J connectivity index is 1.80. The number of aromatic nitrogens is 2. The van der Waals surface area contributed by atoms with E-state index in [0.29, 0.717) is 17.2 Å². The second-order valence-corrected chi connectivity index (χ2v) is 5.99. The van der Waals surface area contributed by atoms with Gasteiger partial charge in [0, 0.05) is 12.3 Å². The van der Waals surface area contributed by atoms with Gasteiger partial charge in [0.1, 0.15) is 5.56 Å². The molecule has 0 unspecified atom stereocenters. The summed E-state index contributed by atoms with van der Waals surface area (Å²) in [5.74, 6) is 0.562. The lowest BCUT2D eigenvalue weighted by Gasteiger charge is -2.10. The van der Waals surface area contributed by atoms with Gasteiger partial charge in [-0.3, -0.25) is 14.8 Å². The summed E-state index contributed by atoms with van der Waals surface area (Å²) < 4.78 is 11.4. The molecule has 0 amide bonds. The molecule has 0 saturated carbocycles. The van der Waals surface area contributed by atoms with E-state index in [-0.39, 0.29) is 23.1 Å². The van der Waals surface area contributed by atoms with Crippen LogP contribution >= 0.6 is 11.6 Å². The Morgan fingerprint density at radius 2 is 1.93 bits per heavy atom. The maximum Gasteiger partial charge on any atom is 0.335 e. The summed E-state index contributed by atoms with van der Waals surface area (Å²) in [5, 5.41) is 10.7. The van der Waals surface area contributed by atoms with Crippen molar-refractivity contribution < 1.29 is 14.6 Å². The number of ether oxygens (including phenoxy) is 2. The molecule has 2 heterocycles. The monoisotopic (exact) mass is 385 g/mol. The summed E-state index contributed by atoms with van der Waals surface area (Å²) in [5.41, 5.74) is -1.06. The molecule has 136 valence electrons. The van der Waals surface area contributed by atoms with Crippen LogP contribution in [-0.4, -0.2) is 27.7 Å². The third-order valence-corrected chi connectivity index (χ3v) is 4.23. The molecule has 1 aromatic heterocycles. The Morgan fingerprint density at radius 1 is 1.15 bits per heavy atom. The standard InChI is InChI=1S/C18H12ClN3O5/c19-12-3-1-2-4-13(12)22-17(24)11(16(23)21-18(22)25)8-20-10-5-6-14-15(7-10)27-9-26-14/h1-8,24H,9H2,(H,21,23,25). The molecule has 0 radical (unpaired) electrons. The summed E-state index contributed by atoms with van der Waals surface area (Å²) in [6, 6.07) is 11.4. The van der Waals surface area contributed by atoms with Crippen molar-refractivity contribution in [1.29, 1.82) is 0 Å². The fourth-order valence-electron chi connectivity index (χ4n) is 2.62. The summed E-state index contributed by atoms with van der Waals surface area (Å²) in [6.07, 6.45) is 1.17. The molecule has 0 saturated heterocycles. The number of halogens is 1. The van der Waals surface area contributed by atoms with E-state index in [4.69, 9.17) is 21.1 Å². The highest BCUT2D eigenvalue weighted by Crippen LogP contribution is 2.35. The van der Waals surface area contributed by atoms with Gasteiger partial charge in [0.25, 0.3) is 5.56 Å². The molecule has 1 aliphatic rings. The highest BCUT2D eigenvalue weighted by Gasteiger charge is 2.16. The van der Waals surface area contributed by atoms with E-state index < -0.39 is 17.1 Å². The lowest BCUT2D eigenvalue weighted by Crippen LogP contribution is -2.31. The Hall–Kier alpha value is -3.52. The lowest BCUT2D eigenvalue weighted by molar-refractivity contribution is 0.174. The topological polar surface area (TPSA) is 106 Å². The van der Waals surface area contributed by atoms with Crippen LogP contribution in [0.15, 0.2) is 57.0 Å². The number of fused-ring (bicyclic) bond motifs is 1. The zero-order valence-corrected chi connectivity index (χ0v) is 14.4. The van der Waals surface area contributed by atoms with E-state index in [1.54, 1.807) is 42.5 Å². The van der Waals surface area contributed by atoms with E-state index in [2.05, 4.69) is 9.98 Å². The smallest absolute Gasteiger partial charge is 0.335 e. The van der Waals surface area contributed by atoms with Crippen LogP contribution in [-0.2, 0) is 0 Å². The molecular weight excluding hydrogens is 374 g/mol. The van der Waals surface area contributed by atoms with Gasteiger partial charge in [-0.15, -0.1) is 0 Å². The molecular formula is C18H12ClN3O5. The van der Waals surface area contributed by atoms with Crippen LogP contribution in [0.2, 0.25) is 5.02 Å². The predicted molar refractivity (Wildman–Crippen MR) is 99.2 cm³/mol. The van der Waals surface area contributed by atoms with Gasteiger partial charge in [-0.2, -0.15) is 0 Å². The highest BCUT2D eigenvalue weighted by molar-refractivity contribution is 6.32. The van der Waals surface area contributed by atoms with Crippen LogP contribution < -0.4 is 20.7 Å². The van der Waals surface area contributed by atoms with Crippen LogP contribution in [0.5, 0.6) is 17.4 Å². The number of aromatic amines is 1. The molecule has 2 N–H and O–H groups in total. The number of nitrogens with one attached hydrogen (secondary N) is 1. The van der Waals surface area contributed by atoms with E-state index >= 15 is 0 Å². The largest absolute Gasteiger partial charge is 0.493 e. The van der Waals surface area contributed by atoms with Crippen LogP contribution in [0, 0.1) is 0 Å². The summed E-state index contributed by atoms with van der Waals surface area (Å²) in [6.45, 7) is 0.131. The molecule has 3 aromatic rings. The average molecular weight is 386 g/mol. The summed E-state index contributed by atoms with van der Waals surface area (Å²) in [4.78, 5) is 30.6. The van der Waals surface area contributed by atoms with Gasteiger partial charge in [0.2, 0.25) is 12.7 Å². The van der Waals surface area contributed by atoms with Crippen molar-refractivity contribution in [2.24, 2.45) is 4.99 Å². The van der Waals surface area contributed by atoms with Gasteiger partial charge in [-0.05, 0) is 24.3 Å². The second-order valence-electron chi connectivity index (χ2n) is 5.58. The van der Waals surface area contributed by atoms with Crippen LogP contribution in [0.4, 0.5) is 5.69 Å². The van der Waals surface area contributed by atoms with Gasteiger partial charge in [0.05, 0.1) is 16.4 Å². The SMILES string of the molecule is O=c1[nH]c(=O)n(-c2ccccc2Cl)c(O)c1C=Nc1ccc2c(c1)OCO2. The number of aliphatic imine (C=N–C) groups is 1. The number of hydrogen-bond donors (Lipinski definition) is 2. The fourth-order valence-corrected chi connectivity index (χ4v) is 2.84. The fraction of sp³-hybridized carbons (Fsp3) is 0.0556. The second kappa shape index (κ2) is 6.65. The van der Waals surface area contributed by atoms with E-state index in [1.165, 1.54) is 6.21 Å². The van der Waals surface area contributed by atoms with Crippen molar-refractivity contribution >= 4 is 23.5 Å². The first kappa shape index (κ1) is 16.9. The van der Waals surface area contributed by atoms with Gasteiger partial charge in [-0.1, -0.05) is 23.7 Å². The molecule has 0 spiro atoms. The summed E-state index contributed by atoms with van der Waals surface area (Å²) >= 11 is 6.10. The molecule has 0 fully saturated rings. The van der Waals surface area contributed by atoms with Crippen molar-refractivity contribution in [2.75, 3.05) is 6.79 Å². The van der Waals surface area contributed by atoms with Crippen LogP contribution in [0.1, 0.15) is 5.56 Å². The van der Waals surface area contributed by atoms with Gasteiger partial charge in [-0.25, -0.2) is 9.36 Å². The maximum absolute atomic E-state index is 12.2. The molecule has 2 aromatic carbocycles. The van der Waals surface area contributed by atoms with Crippen LogP contribution in [0.25, 0.3) is 5.69 Å². The molecule has 0 aliphatic carbocycles. The van der Waals surface area contributed by atoms with Crippen LogP contribution in [0.3, 0.4) is 0 Å². The van der Waals surface area contributed by atoms with E-state index in [9.17, 15) is 14.7 Å². The molecule has 1 aliphatic heterocycles. The number of rotatable bonds is 3. The average Bonchev–Trinajstić information content (AvgIpc) is 3.10. The van der Waals surface area contributed by atoms with E-state index in [0.717, 1.165) is 4.57 Å². The highest BCUT2D eigenvalue weighted by atomic mass is 35.5. The molecule has 27 heavy (non-hydrogen) atoms. The zero-order chi connectivity index (χ0) is 19.0. The first-order chi connectivity index (χ1) is 13.0. The quantitative estimate of drug-likeness (QED) is 0.673. The number of H-pyrrole nitrogens is 1. The molecule has 9 heteroatoms. The van der Waals surface area contributed by atoms with Crippen molar-refractivity contribution in [3.8, 4) is 23.1 Å². The first-order valence-corrected chi connectivity index (χ1v) is 8.19. The Labute approximate surface area is 156 Å². The third-order valence-electron chi connectivity index (χ3n) is 3.91. The maximum atomic E-state index is 12.2. The number of para-hydroxylation sites is 1. The summed E-state index contributed by atoms with van der Waals surface area (Å²) in [7, 11) is 0. The Morgan fingerprint density at radius 3 is 2.74 bits per heavy atom. The minimum atomic E-state index is -0.814. The number of nitrogens with zero attached hydrogens (tertiary/aromatic N) is 2. The number of aromatic hydroxyl groups is 1. The molecule has 4 rings (SSSR count). The van der Waals surface area contributed by atoms with Crippen molar-refractivity contribution in [2.45, 2.75) is 0 Å². The minimum Gasteiger partial charge on any atom is -0.493 e. The van der Waals surface area contributed by atoms with Gasteiger partial charge < -0.3 is 14.6 Å². The number of hydrogen-bond acceptors (Lipinski definition) is 6. The Kier molecular flexibility index (Phi) is 4.17. The predicted octanol–water partition coefficient (Wildman–Crippen LogP) is 2.36. The van der Waals surface area contributed by atoms with Gasteiger partial charge >= 0.3 is 5.69 Å². The lowest BCUT2D eigenvalue weighted by atomic mass is 10.2. The third kappa shape index (κ3) is 3.06. The van der Waals surface area contributed by atoms with E-state index in [1.807, 2.05) is 0 Å². The Bertz CT molecular complexity index is 1180. The first-order valence-electron chi connectivity index (χ1n) is 7.81. The minimum absolute atomic E-state index is 0.131. The molecule has 0 atom stereocenters. The zero-order valence-electron chi connectivity index (χ0n) is 13.7. The van der Waals surface area contributed by atoms with Crippen molar-refractivity contribution in [3.05, 3.63) is 73.9 Å². The van der Waals surface area contributed by atoms with Crippen molar-refractivity contribution in [3.63, 3.8) is 0 Å². The molecule has 8 nitrogen and oxygen atoms in total. The van der Waals surface area contributed by atoms with Gasteiger partial charge in [0.15, 0.2) is 11.5 Å². The van der Waals surface area contributed by atoms with Crippen molar-refractivity contribution in [1.82, 2.24) is 9.55 Å². The normalized spacial score (nSPS) is 12.6. The molecule has 0 bridgehead atoms. The number of benzene rings is 2.